The molecule has 1 unspecified atom stereocenters. The van der Waals surface area contributed by atoms with Crippen LogP contribution in [0.3, 0.4) is 0 Å². The lowest BCUT2D eigenvalue weighted by molar-refractivity contribution is -0.0887. The minimum Gasteiger partial charge on any atom is -0.166 e. The molecule has 2 aliphatic carbocycles. The Kier molecular flexibility index (Phi) is 3.36. The fourth-order valence-corrected chi connectivity index (χ4v) is 2.80. The van der Waals surface area contributed by atoms with E-state index in [9.17, 15) is 13.2 Å². The maximum atomic E-state index is 12.7. The molecule has 21 heavy (non-hydrogen) atoms. The van der Waals surface area contributed by atoms with Crippen molar-refractivity contribution in [3.63, 3.8) is 0 Å². The zero-order valence-electron chi connectivity index (χ0n) is 11.3. The largest absolute Gasteiger partial charge is 0.416 e. The molecular formula is C17H15F3N+. The van der Waals surface area contributed by atoms with Gasteiger partial charge in [0, 0.05) is 12.3 Å². The fraction of sp³-hybridized carbons (Fsp3) is 0.353. The highest BCUT2D eigenvalue weighted by molar-refractivity contribution is 5.39. The highest BCUT2D eigenvalue weighted by Gasteiger charge is 2.48. The smallest absolute Gasteiger partial charge is 0.166 e. The van der Waals surface area contributed by atoms with Gasteiger partial charge in [0.25, 0.3) is 12.6 Å². The molecule has 3 rings (SSSR count). The summed E-state index contributed by atoms with van der Waals surface area (Å²) in [6.07, 6.45) is 1.33. The first kappa shape index (κ1) is 13.9. The molecule has 1 aromatic carbocycles. The lowest BCUT2D eigenvalue weighted by Crippen LogP contribution is -2.13. The minimum atomic E-state index is -4.28. The summed E-state index contributed by atoms with van der Waals surface area (Å²) >= 11 is 0. The van der Waals surface area contributed by atoms with Crippen molar-refractivity contribution in [3.8, 4) is 6.57 Å². The highest BCUT2D eigenvalue weighted by atomic mass is 19.4. The average molecular weight is 290 g/mol. The van der Waals surface area contributed by atoms with Crippen molar-refractivity contribution in [2.45, 2.75) is 36.9 Å². The zero-order chi connectivity index (χ0) is 15.0. The maximum Gasteiger partial charge on any atom is 0.416 e. The van der Waals surface area contributed by atoms with E-state index in [1.54, 1.807) is 6.08 Å². The third-order valence-corrected chi connectivity index (χ3v) is 4.14. The van der Waals surface area contributed by atoms with E-state index in [4.69, 9.17) is 6.57 Å². The van der Waals surface area contributed by atoms with Crippen LogP contribution < -0.4 is 0 Å². The van der Waals surface area contributed by atoms with Crippen molar-refractivity contribution in [1.29, 1.82) is 0 Å². The molecule has 0 N–H and O–H groups in total. The number of allylic oxidation sites excluding steroid dienone is 4. The van der Waals surface area contributed by atoms with E-state index in [-0.39, 0.29) is 12.0 Å². The van der Waals surface area contributed by atoms with E-state index in [2.05, 4.69) is 4.85 Å². The Morgan fingerprint density at radius 3 is 2.33 bits per heavy atom. The van der Waals surface area contributed by atoms with Crippen LogP contribution in [0.4, 0.5) is 13.2 Å². The van der Waals surface area contributed by atoms with Gasteiger partial charge in [-0.2, -0.15) is 13.2 Å². The summed E-state index contributed by atoms with van der Waals surface area (Å²) in [5, 5.41) is 0. The van der Waals surface area contributed by atoms with Gasteiger partial charge in [0.05, 0.1) is 11.5 Å². The first-order valence-corrected chi connectivity index (χ1v) is 6.94. The van der Waals surface area contributed by atoms with E-state index < -0.39 is 11.7 Å². The van der Waals surface area contributed by atoms with Gasteiger partial charge in [-0.3, -0.25) is 0 Å². The molecule has 1 saturated carbocycles. The SMILES string of the molecule is C#[N+][C@H]1C[C@@H]1c1ccc(C2C=C(C(F)(F)F)C=CC2)cc1. The quantitative estimate of drug-likeness (QED) is 0.719. The van der Waals surface area contributed by atoms with E-state index in [0.717, 1.165) is 23.6 Å². The van der Waals surface area contributed by atoms with Gasteiger partial charge in [-0.25, -0.2) is 0 Å². The summed E-state index contributed by atoms with van der Waals surface area (Å²) in [5.41, 5.74) is 1.50. The molecular weight excluding hydrogens is 275 g/mol. The molecule has 0 aliphatic heterocycles. The second kappa shape index (κ2) is 5.07. The maximum absolute atomic E-state index is 12.7. The Morgan fingerprint density at radius 2 is 1.76 bits per heavy atom. The molecule has 0 radical (unpaired) electrons. The van der Waals surface area contributed by atoms with Crippen molar-refractivity contribution >= 4 is 0 Å². The summed E-state index contributed by atoms with van der Waals surface area (Å²) in [6.45, 7) is 5.27. The predicted octanol–water partition coefficient (Wildman–Crippen LogP) is 5.04. The van der Waals surface area contributed by atoms with Gasteiger partial charge in [-0.15, -0.1) is 0 Å². The molecule has 0 spiro atoms. The Hall–Kier alpha value is -2.02. The van der Waals surface area contributed by atoms with Gasteiger partial charge in [0.15, 0.2) is 0 Å². The first-order valence-electron chi connectivity index (χ1n) is 6.94. The molecule has 108 valence electrons. The van der Waals surface area contributed by atoms with E-state index >= 15 is 0 Å². The molecule has 0 bridgehead atoms. The topological polar surface area (TPSA) is 4.36 Å². The number of hydrogen-bond acceptors (Lipinski definition) is 0. The van der Waals surface area contributed by atoms with Crippen molar-refractivity contribution in [2.75, 3.05) is 0 Å². The minimum absolute atomic E-state index is 0.199. The highest BCUT2D eigenvalue weighted by Crippen LogP contribution is 2.44. The van der Waals surface area contributed by atoms with Gasteiger partial charge in [0.2, 0.25) is 0 Å². The summed E-state index contributed by atoms with van der Waals surface area (Å²) in [7, 11) is 0. The van der Waals surface area contributed by atoms with Crippen molar-refractivity contribution < 1.29 is 13.2 Å². The first-order chi connectivity index (χ1) is 9.99. The van der Waals surface area contributed by atoms with Crippen LogP contribution in [-0.4, -0.2) is 12.2 Å². The lowest BCUT2D eigenvalue weighted by atomic mass is 9.89. The molecule has 0 aromatic heterocycles. The fourth-order valence-electron chi connectivity index (χ4n) is 2.80. The molecule has 0 saturated heterocycles. The van der Waals surface area contributed by atoms with Crippen molar-refractivity contribution in [3.05, 3.63) is 64.0 Å². The summed E-state index contributed by atoms with van der Waals surface area (Å²) < 4.78 is 38.2. The van der Waals surface area contributed by atoms with Crippen LogP contribution in [0.2, 0.25) is 0 Å². The third-order valence-electron chi connectivity index (χ3n) is 4.14. The predicted molar refractivity (Wildman–Crippen MR) is 76.5 cm³/mol. The van der Waals surface area contributed by atoms with Crippen LogP contribution in [0.5, 0.6) is 0 Å². The molecule has 1 nitrogen and oxygen atoms in total. The second-order valence-electron chi connectivity index (χ2n) is 5.59. The zero-order valence-corrected chi connectivity index (χ0v) is 11.3. The Bertz CT molecular complexity index is 631. The number of benzene rings is 1. The second-order valence-corrected chi connectivity index (χ2v) is 5.59. The van der Waals surface area contributed by atoms with Crippen molar-refractivity contribution in [1.82, 2.24) is 0 Å². The van der Waals surface area contributed by atoms with E-state index in [0.29, 0.717) is 12.3 Å². The summed E-state index contributed by atoms with van der Waals surface area (Å²) in [5.74, 6) is 0.159. The molecule has 3 atom stereocenters. The molecule has 0 amide bonds. The molecule has 2 aliphatic rings. The van der Waals surface area contributed by atoms with Crippen LogP contribution in [0, 0.1) is 6.57 Å². The summed E-state index contributed by atoms with van der Waals surface area (Å²) in [6, 6.07) is 7.98. The molecule has 0 heterocycles. The Morgan fingerprint density at radius 1 is 1.10 bits per heavy atom. The van der Waals surface area contributed by atoms with Crippen LogP contribution >= 0.6 is 0 Å². The Balaban J connectivity index is 1.77. The molecule has 4 heteroatoms. The van der Waals surface area contributed by atoms with Gasteiger partial charge >= 0.3 is 6.18 Å². The monoisotopic (exact) mass is 290 g/mol. The van der Waals surface area contributed by atoms with Gasteiger partial charge in [0.1, 0.15) is 0 Å². The lowest BCUT2D eigenvalue weighted by Gasteiger charge is -2.19. The molecule has 1 aromatic rings. The summed E-state index contributed by atoms with van der Waals surface area (Å²) in [4.78, 5) is 3.76. The Labute approximate surface area is 121 Å². The van der Waals surface area contributed by atoms with Crippen LogP contribution in [0.25, 0.3) is 4.85 Å². The normalized spacial score (nSPS) is 27.9. The average Bonchev–Trinajstić information content (AvgIpc) is 3.26. The van der Waals surface area contributed by atoms with Gasteiger partial charge in [-0.1, -0.05) is 47.3 Å². The van der Waals surface area contributed by atoms with E-state index in [1.807, 2.05) is 24.3 Å². The number of halogens is 3. The van der Waals surface area contributed by atoms with Crippen LogP contribution in [0.1, 0.15) is 35.8 Å². The van der Waals surface area contributed by atoms with Gasteiger partial charge in [-0.05, 0) is 17.5 Å². The number of hydrogen-bond donors (Lipinski definition) is 0. The van der Waals surface area contributed by atoms with E-state index in [1.165, 1.54) is 6.08 Å². The third kappa shape index (κ3) is 2.87. The van der Waals surface area contributed by atoms with Crippen LogP contribution in [-0.2, 0) is 0 Å². The number of nitrogens with zero attached hydrogens (tertiary/aromatic N) is 1. The van der Waals surface area contributed by atoms with Gasteiger partial charge < -0.3 is 0 Å². The number of rotatable bonds is 2. The van der Waals surface area contributed by atoms with Crippen molar-refractivity contribution in [2.24, 2.45) is 0 Å². The van der Waals surface area contributed by atoms with Crippen LogP contribution in [0.15, 0.2) is 48.1 Å². The molecule has 1 fully saturated rings. The standard InChI is InChI=1S/C17H15F3N/c1-21-16-10-15(16)12-7-5-11(6-8-12)13-3-2-4-14(9-13)17(18,19)20/h1-2,4-9,13,15-16H,3,10H2/q+1/t13?,15-,16+/m1/s1. The number of alkyl halides is 3.